The SMILES string of the molecule is COc1ccc(/C=C2/N=C(c3ccccc3OC)N(c3ccc(O)cc3)C2=O)c(OC)c1. The lowest BCUT2D eigenvalue weighted by Crippen LogP contribution is -2.32. The van der Waals surface area contributed by atoms with E-state index >= 15 is 0 Å². The fourth-order valence-electron chi connectivity index (χ4n) is 3.45. The highest BCUT2D eigenvalue weighted by atomic mass is 16.5. The van der Waals surface area contributed by atoms with Crippen molar-refractivity contribution in [3.8, 4) is 23.0 Å². The van der Waals surface area contributed by atoms with E-state index in [-0.39, 0.29) is 17.4 Å². The largest absolute Gasteiger partial charge is 0.508 e. The number of aromatic hydroxyl groups is 1. The number of amidine groups is 1. The van der Waals surface area contributed by atoms with Gasteiger partial charge in [-0.3, -0.25) is 9.69 Å². The number of carbonyl (C=O) groups excluding carboxylic acids is 1. The normalized spacial score (nSPS) is 14.5. The summed E-state index contributed by atoms with van der Waals surface area (Å²) in [6, 6.07) is 19.1. The fraction of sp³-hybridized carbons (Fsp3) is 0.120. The first-order valence-electron chi connectivity index (χ1n) is 9.85. The molecule has 1 aliphatic heterocycles. The van der Waals surface area contributed by atoms with E-state index in [1.54, 1.807) is 57.7 Å². The van der Waals surface area contributed by atoms with Crippen molar-refractivity contribution in [3.63, 3.8) is 0 Å². The summed E-state index contributed by atoms with van der Waals surface area (Å²) < 4.78 is 16.2. The number of phenolic OH excluding ortho intramolecular Hbond substituents is 1. The zero-order chi connectivity index (χ0) is 22.7. The number of methoxy groups -OCH3 is 3. The van der Waals surface area contributed by atoms with Crippen LogP contribution in [0.15, 0.2) is 77.4 Å². The number of carbonyl (C=O) groups is 1. The average Bonchev–Trinajstić information content (AvgIpc) is 3.15. The summed E-state index contributed by atoms with van der Waals surface area (Å²) in [7, 11) is 4.70. The standard InChI is InChI=1S/C25H22N2O5/c1-30-19-13-8-16(23(15-19)32-3)14-21-25(29)27(17-9-11-18(28)12-10-17)24(26-21)20-6-4-5-7-22(20)31-2/h4-15,28H,1-3H3/b21-14+. The van der Waals surface area contributed by atoms with E-state index in [1.807, 2.05) is 24.3 Å². The Kier molecular flexibility index (Phi) is 5.81. The van der Waals surface area contributed by atoms with Crippen LogP contribution in [0.4, 0.5) is 5.69 Å². The van der Waals surface area contributed by atoms with E-state index < -0.39 is 0 Å². The van der Waals surface area contributed by atoms with Crippen LogP contribution in [0.3, 0.4) is 0 Å². The van der Waals surface area contributed by atoms with E-state index in [1.165, 1.54) is 17.0 Å². The summed E-state index contributed by atoms with van der Waals surface area (Å²) in [5, 5.41) is 9.69. The number of nitrogens with zero attached hydrogens (tertiary/aromatic N) is 2. The summed E-state index contributed by atoms with van der Waals surface area (Å²) in [6.45, 7) is 0. The zero-order valence-electron chi connectivity index (χ0n) is 17.9. The highest BCUT2D eigenvalue weighted by Gasteiger charge is 2.34. The maximum atomic E-state index is 13.5. The quantitative estimate of drug-likeness (QED) is 0.592. The molecule has 7 nitrogen and oxygen atoms in total. The molecule has 0 saturated heterocycles. The highest BCUT2D eigenvalue weighted by molar-refractivity contribution is 6.33. The van der Waals surface area contributed by atoms with Crippen molar-refractivity contribution in [2.45, 2.75) is 0 Å². The van der Waals surface area contributed by atoms with Crippen molar-refractivity contribution < 1.29 is 24.1 Å². The molecule has 1 heterocycles. The molecule has 0 spiro atoms. The van der Waals surface area contributed by atoms with Gasteiger partial charge in [-0.1, -0.05) is 12.1 Å². The van der Waals surface area contributed by atoms with E-state index in [2.05, 4.69) is 4.99 Å². The second-order valence-corrected chi connectivity index (χ2v) is 6.93. The van der Waals surface area contributed by atoms with Crippen molar-refractivity contribution in [1.29, 1.82) is 0 Å². The summed E-state index contributed by atoms with van der Waals surface area (Å²) in [6.07, 6.45) is 1.68. The van der Waals surface area contributed by atoms with Crippen LogP contribution in [0.25, 0.3) is 6.08 Å². The number of benzene rings is 3. The summed E-state index contributed by atoms with van der Waals surface area (Å²) in [5.41, 5.74) is 2.17. The molecule has 1 N–H and O–H groups in total. The number of hydrogen-bond acceptors (Lipinski definition) is 6. The van der Waals surface area contributed by atoms with Crippen LogP contribution >= 0.6 is 0 Å². The first-order valence-corrected chi connectivity index (χ1v) is 9.85. The van der Waals surface area contributed by atoms with Gasteiger partial charge in [-0.25, -0.2) is 4.99 Å². The van der Waals surface area contributed by atoms with Crippen molar-refractivity contribution in [2.75, 3.05) is 26.2 Å². The first kappa shape index (κ1) is 21.0. The van der Waals surface area contributed by atoms with Crippen LogP contribution in [0.2, 0.25) is 0 Å². The van der Waals surface area contributed by atoms with E-state index in [4.69, 9.17) is 14.2 Å². The molecule has 0 aliphatic carbocycles. The van der Waals surface area contributed by atoms with Gasteiger partial charge in [-0.15, -0.1) is 0 Å². The molecular weight excluding hydrogens is 408 g/mol. The number of para-hydroxylation sites is 1. The topological polar surface area (TPSA) is 80.6 Å². The first-order chi connectivity index (χ1) is 15.5. The Morgan fingerprint density at radius 2 is 1.59 bits per heavy atom. The number of amides is 1. The van der Waals surface area contributed by atoms with Crippen LogP contribution < -0.4 is 19.1 Å². The van der Waals surface area contributed by atoms with Gasteiger partial charge in [0.2, 0.25) is 0 Å². The van der Waals surface area contributed by atoms with Gasteiger partial charge in [0.05, 0.1) is 32.6 Å². The van der Waals surface area contributed by atoms with Crippen LogP contribution in [-0.2, 0) is 4.79 Å². The maximum absolute atomic E-state index is 13.5. The Hall–Kier alpha value is -4.26. The van der Waals surface area contributed by atoms with Crippen molar-refractivity contribution in [1.82, 2.24) is 0 Å². The van der Waals surface area contributed by atoms with Gasteiger partial charge in [0.1, 0.15) is 28.7 Å². The van der Waals surface area contributed by atoms with Gasteiger partial charge in [-0.2, -0.15) is 0 Å². The third kappa shape index (κ3) is 3.88. The fourth-order valence-corrected chi connectivity index (χ4v) is 3.45. The minimum absolute atomic E-state index is 0.106. The number of ether oxygens (including phenoxy) is 3. The molecule has 0 unspecified atom stereocenters. The Morgan fingerprint density at radius 3 is 2.28 bits per heavy atom. The molecule has 0 bridgehead atoms. The van der Waals surface area contributed by atoms with Crippen LogP contribution in [0, 0.1) is 0 Å². The molecule has 32 heavy (non-hydrogen) atoms. The van der Waals surface area contributed by atoms with Gasteiger partial charge in [-0.05, 0) is 54.6 Å². The predicted molar refractivity (Wildman–Crippen MR) is 123 cm³/mol. The summed E-state index contributed by atoms with van der Waals surface area (Å²) in [5.74, 6) is 2.01. The Labute approximate surface area is 185 Å². The molecule has 162 valence electrons. The second kappa shape index (κ2) is 8.85. The Balaban J connectivity index is 1.86. The summed E-state index contributed by atoms with van der Waals surface area (Å²) in [4.78, 5) is 19.6. The molecule has 0 fully saturated rings. The Morgan fingerprint density at radius 1 is 0.875 bits per heavy atom. The van der Waals surface area contributed by atoms with Gasteiger partial charge >= 0.3 is 0 Å². The molecule has 3 aromatic carbocycles. The number of hydrogen-bond donors (Lipinski definition) is 1. The number of anilines is 1. The average molecular weight is 430 g/mol. The number of rotatable bonds is 6. The molecular formula is C25H22N2O5. The smallest absolute Gasteiger partial charge is 0.282 e. The lowest BCUT2D eigenvalue weighted by Gasteiger charge is -2.20. The van der Waals surface area contributed by atoms with Crippen LogP contribution in [-0.4, -0.2) is 38.2 Å². The second-order valence-electron chi connectivity index (χ2n) is 6.93. The van der Waals surface area contributed by atoms with Gasteiger partial charge < -0.3 is 19.3 Å². The third-order valence-corrected chi connectivity index (χ3v) is 5.05. The van der Waals surface area contributed by atoms with Gasteiger partial charge in [0, 0.05) is 11.6 Å². The molecule has 1 amide bonds. The van der Waals surface area contributed by atoms with E-state index in [0.29, 0.717) is 39.9 Å². The molecule has 1 aliphatic rings. The van der Waals surface area contributed by atoms with Crippen LogP contribution in [0.5, 0.6) is 23.0 Å². The third-order valence-electron chi connectivity index (χ3n) is 5.05. The molecule has 0 aromatic heterocycles. The lowest BCUT2D eigenvalue weighted by atomic mass is 10.1. The lowest BCUT2D eigenvalue weighted by molar-refractivity contribution is -0.113. The van der Waals surface area contributed by atoms with Crippen molar-refractivity contribution >= 4 is 23.5 Å². The predicted octanol–water partition coefficient (Wildman–Crippen LogP) is 4.25. The van der Waals surface area contributed by atoms with Crippen molar-refractivity contribution in [2.24, 2.45) is 4.99 Å². The molecule has 3 aromatic rings. The molecule has 4 rings (SSSR count). The minimum Gasteiger partial charge on any atom is -0.508 e. The molecule has 0 atom stereocenters. The summed E-state index contributed by atoms with van der Waals surface area (Å²) >= 11 is 0. The number of phenols is 1. The van der Waals surface area contributed by atoms with Gasteiger partial charge in [0.15, 0.2) is 5.84 Å². The molecule has 0 radical (unpaired) electrons. The number of aliphatic imine (C=N–C) groups is 1. The minimum atomic E-state index is -0.311. The van der Waals surface area contributed by atoms with Crippen molar-refractivity contribution in [3.05, 3.63) is 83.6 Å². The van der Waals surface area contributed by atoms with E-state index in [0.717, 1.165) is 0 Å². The molecule has 7 heteroatoms. The highest BCUT2D eigenvalue weighted by Crippen LogP contribution is 2.33. The molecule has 0 saturated carbocycles. The van der Waals surface area contributed by atoms with Crippen LogP contribution in [0.1, 0.15) is 11.1 Å². The maximum Gasteiger partial charge on any atom is 0.282 e. The monoisotopic (exact) mass is 430 g/mol. The van der Waals surface area contributed by atoms with Gasteiger partial charge in [0.25, 0.3) is 5.91 Å². The zero-order valence-corrected chi connectivity index (χ0v) is 17.9. The Bertz CT molecular complexity index is 1220. The van der Waals surface area contributed by atoms with E-state index in [9.17, 15) is 9.90 Å².